The van der Waals surface area contributed by atoms with Gasteiger partial charge in [0.1, 0.15) is 11.5 Å². The molecule has 2 nitrogen and oxygen atoms in total. The van der Waals surface area contributed by atoms with Crippen LogP contribution in [-0.2, 0) is 6.42 Å². The first-order chi connectivity index (χ1) is 9.06. The van der Waals surface area contributed by atoms with Crippen molar-refractivity contribution in [1.82, 2.24) is 0 Å². The van der Waals surface area contributed by atoms with Gasteiger partial charge in [-0.1, -0.05) is 35.9 Å². The molecule has 1 atom stereocenters. The first-order valence-electron chi connectivity index (χ1n) is 6.34. The molecule has 2 aromatic carbocycles. The van der Waals surface area contributed by atoms with Crippen LogP contribution in [-0.4, -0.2) is 6.04 Å². The Labute approximate surface area is 119 Å². The number of nitrogens with two attached hydrogens (primary N) is 1. The zero-order valence-electron chi connectivity index (χ0n) is 11.2. The third kappa shape index (κ3) is 3.72. The number of ether oxygens (including phenoxy) is 1. The number of halogens is 1. The summed E-state index contributed by atoms with van der Waals surface area (Å²) in [5.41, 5.74) is 8.11. The molecule has 2 rings (SSSR count). The topological polar surface area (TPSA) is 35.2 Å². The highest BCUT2D eigenvalue weighted by Crippen LogP contribution is 2.31. The average Bonchev–Trinajstić information content (AvgIpc) is 2.34. The van der Waals surface area contributed by atoms with Crippen molar-refractivity contribution in [3.63, 3.8) is 0 Å². The molecule has 0 saturated heterocycles. The molecule has 100 valence electrons. The quantitative estimate of drug-likeness (QED) is 0.901. The van der Waals surface area contributed by atoms with E-state index in [4.69, 9.17) is 22.1 Å². The molecule has 0 amide bonds. The van der Waals surface area contributed by atoms with E-state index in [9.17, 15) is 0 Å². The summed E-state index contributed by atoms with van der Waals surface area (Å²) in [4.78, 5) is 0. The maximum absolute atomic E-state index is 6.09. The maximum Gasteiger partial charge on any atom is 0.146 e. The standard InChI is InChI=1S/C16H18ClNO/c1-11-9-13(10-12(2)18)7-8-15(11)19-16-6-4-3-5-14(16)17/h3-9,12H,10,18H2,1-2H3. The number of para-hydroxylation sites is 1. The summed E-state index contributed by atoms with van der Waals surface area (Å²) in [6.45, 7) is 4.03. The fourth-order valence-electron chi connectivity index (χ4n) is 1.97. The minimum absolute atomic E-state index is 0.162. The lowest BCUT2D eigenvalue weighted by atomic mass is 10.0. The van der Waals surface area contributed by atoms with Crippen molar-refractivity contribution < 1.29 is 4.74 Å². The molecule has 1 unspecified atom stereocenters. The van der Waals surface area contributed by atoms with Gasteiger partial charge in [-0.2, -0.15) is 0 Å². The summed E-state index contributed by atoms with van der Waals surface area (Å²) in [7, 11) is 0. The zero-order valence-corrected chi connectivity index (χ0v) is 11.9. The summed E-state index contributed by atoms with van der Waals surface area (Å²) in [5.74, 6) is 1.49. The maximum atomic E-state index is 6.09. The Balaban J connectivity index is 2.20. The van der Waals surface area contributed by atoms with Crippen molar-refractivity contribution in [1.29, 1.82) is 0 Å². The van der Waals surface area contributed by atoms with Crippen LogP contribution in [0.2, 0.25) is 5.02 Å². The molecule has 2 N–H and O–H groups in total. The molecule has 0 saturated carbocycles. The van der Waals surface area contributed by atoms with Crippen molar-refractivity contribution in [3.8, 4) is 11.5 Å². The van der Waals surface area contributed by atoms with E-state index in [-0.39, 0.29) is 6.04 Å². The Bertz CT molecular complexity index is 566. The summed E-state index contributed by atoms with van der Waals surface area (Å²) in [6, 6.07) is 13.7. The Morgan fingerprint density at radius 1 is 1.16 bits per heavy atom. The van der Waals surface area contributed by atoms with Crippen LogP contribution in [0.4, 0.5) is 0 Å². The second-order valence-corrected chi connectivity index (χ2v) is 5.22. The Morgan fingerprint density at radius 2 is 1.89 bits per heavy atom. The largest absolute Gasteiger partial charge is 0.456 e. The van der Waals surface area contributed by atoms with E-state index in [1.165, 1.54) is 5.56 Å². The third-order valence-electron chi connectivity index (χ3n) is 2.85. The van der Waals surface area contributed by atoms with Crippen LogP contribution in [0.5, 0.6) is 11.5 Å². The van der Waals surface area contributed by atoms with Crippen LogP contribution in [0.15, 0.2) is 42.5 Å². The van der Waals surface area contributed by atoms with Gasteiger partial charge >= 0.3 is 0 Å². The molecule has 0 heterocycles. The Hall–Kier alpha value is -1.51. The minimum Gasteiger partial charge on any atom is -0.456 e. The third-order valence-corrected chi connectivity index (χ3v) is 3.17. The first-order valence-corrected chi connectivity index (χ1v) is 6.71. The van der Waals surface area contributed by atoms with Crippen LogP contribution >= 0.6 is 11.6 Å². The predicted molar refractivity (Wildman–Crippen MR) is 80.1 cm³/mol. The molecule has 0 radical (unpaired) electrons. The molecule has 2 aromatic rings. The average molecular weight is 276 g/mol. The van der Waals surface area contributed by atoms with Crippen molar-refractivity contribution in [2.24, 2.45) is 5.73 Å². The molecule has 0 aromatic heterocycles. The molecule has 0 fully saturated rings. The van der Waals surface area contributed by atoms with Gasteiger partial charge in [0.2, 0.25) is 0 Å². The van der Waals surface area contributed by atoms with Crippen molar-refractivity contribution in [2.45, 2.75) is 26.3 Å². The Kier molecular flexibility index (Phi) is 4.46. The molecular weight excluding hydrogens is 258 g/mol. The number of hydrogen-bond acceptors (Lipinski definition) is 2. The van der Waals surface area contributed by atoms with Crippen LogP contribution < -0.4 is 10.5 Å². The molecular formula is C16H18ClNO. The van der Waals surface area contributed by atoms with Gasteiger partial charge in [0.25, 0.3) is 0 Å². The van der Waals surface area contributed by atoms with Gasteiger partial charge < -0.3 is 10.5 Å². The monoisotopic (exact) mass is 275 g/mol. The molecule has 19 heavy (non-hydrogen) atoms. The van der Waals surface area contributed by atoms with Gasteiger partial charge in [-0.15, -0.1) is 0 Å². The van der Waals surface area contributed by atoms with E-state index < -0.39 is 0 Å². The van der Waals surface area contributed by atoms with Gasteiger partial charge in [0, 0.05) is 6.04 Å². The second kappa shape index (κ2) is 6.09. The van der Waals surface area contributed by atoms with Gasteiger partial charge in [-0.3, -0.25) is 0 Å². The lowest BCUT2D eigenvalue weighted by Crippen LogP contribution is -2.17. The van der Waals surface area contributed by atoms with Crippen LogP contribution in [0.1, 0.15) is 18.1 Å². The molecule has 0 aliphatic carbocycles. The summed E-state index contributed by atoms with van der Waals surface area (Å²) in [6.07, 6.45) is 0.868. The highest BCUT2D eigenvalue weighted by molar-refractivity contribution is 6.32. The Morgan fingerprint density at radius 3 is 2.53 bits per heavy atom. The fraction of sp³-hybridized carbons (Fsp3) is 0.250. The van der Waals surface area contributed by atoms with E-state index in [2.05, 4.69) is 6.07 Å². The van der Waals surface area contributed by atoms with E-state index in [1.54, 1.807) is 0 Å². The SMILES string of the molecule is Cc1cc(CC(C)N)ccc1Oc1ccccc1Cl. The lowest BCUT2D eigenvalue weighted by Gasteiger charge is -2.12. The molecule has 0 spiro atoms. The van der Waals surface area contributed by atoms with E-state index in [0.717, 1.165) is 17.7 Å². The predicted octanol–water partition coefficient (Wildman–Crippen LogP) is 4.33. The van der Waals surface area contributed by atoms with Crippen LogP contribution in [0.25, 0.3) is 0 Å². The second-order valence-electron chi connectivity index (χ2n) is 4.81. The zero-order chi connectivity index (χ0) is 13.8. The van der Waals surface area contributed by atoms with E-state index >= 15 is 0 Å². The van der Waals surface area contributed by atoms with Crippen LogP contribution in [0.3, 0.4) is 0 Å². The molecule has 0 aliphatic rings. The smallest absolute Gasteiger partial charge is 0.146 e. The van der Waals surface area contributed by atoms with Gasteiger partial charge in [-0.25, -0.2) is 0 Å². The number of aryl methyl sites for hydroxylation is 1. The normalized spacial score (nSPS) is 12.2. The van der Waals surface area contributed by atoms with E-state index in [1.807, 2.05) is 50.2 Å². The molecule has 0 aliphatic heterocycles. The number of rotatable bonds is 4. The van der Waals surface area contributed by atoms with Gasteiger partial charge in [0.05, 0.1) is 5.02 Å². The van der Waals surface area contributed by atoms with Crippen molar-refractivity contribution >= 4 is 11.6 Å². The van der Waals surface area contributed by atoms with E-state index in [0.29, 0.717) is 10.8 Å². The molecule has 0 bridgehead atoms. The number of benzene rings is 2. The van der Waals surface area contributed by atoms with Crippen LogP contribution in [0, 0.1) is 6.92 Å². The first kappa shape index (κ1) is 13.9. The lowest BCUT2D eigenvalue weighted by molar-refractivity contribution is 0.479. The molecule has 3 heteroatoms. The van der Waals surface area contributed by atoms with Gasteiger partial charge in [0.15, 0.2) is 0 Å². The summed E-state index contributed by atoms with van der Waals surface area (Å²) >= 11 is 6.09. The van der Waals surface area contributed by atoms with Gasteiger partial charge in [-0.05, 0) is 49.6 Å². The summed E-state index contributed by atoms with van der Waals surface area (Å²) in [5, 5.41) is 0.613. The van der Waals surface area contributed by atoms with Crippen molar-refractivity contribution in [2.75, 3.05) is 0 Å². The minimum atomic E-state index is 0.162. The summed E-state index contributed by atoms with van der Waals surface area (Å²) < 4.78 is 5.84. The highest BCUT2D eigenvalue weighted by Gasteiger charge is 2.06. The fourth-order valence-corrected chi connectivity index (χ4v) is 2.15. The van der Waals surface area contributed by atoms with Crippen molar-refractivity contribution in [3.05, 3.63) is 58.6 Å². The highest BCUT2D eigenvalue weighted by atomic mass is 35.5. The number of hydrogen-bond donors (Lipinski definition) is 1.